The fourth-order valence-corrected chi connectivity index (χ4v) is 3.77. The molecule has 0 fully saturated rings. The summed E-state index contributed by atoms with van der Waals surface area (Å²) in [6.45, 7) is 4.91. The molecule has 30 heavy (non-hydrogen) atoms. The molecule has 3 N–H and O–H groups in total. The number of aliphatic hydroxyl groups excluding tert-OH is 1. The number of aliphatic hydroxyl groups is 1. The maximum atomic E-state index is 14.2. The summed E-state index contributed by atoms with van der Waals surface area (Å²) in [5.41, 5.74) is 6.04. The third-order valence-electron chi connectivity index (χ3n) is 4.03. The number of benzene rings is 2. The van der Waals surface area contributed by atoms with Gasteiger partial charge >= 0.3 is 6.09 Å². The molecule has 1 aromatic heterocycles. The van der Waals surface area contributed by atoms with Gasteiger partial charge in [0.25, 0.3) is 0 Å². The Labute approximate surface area is 177 Å². The predicted octanol–water partition coefficient (Wildman–Crippen LogP) is 4.79. The molecule has 0 aliphatic carbocycles. The summed E-state index contributed by atoms with van der Waals surface area (Å²) in [7, 11) is 0. The number of aliphatic imine (C=N–C) groups is 1. The van der Waals surface area contributed by atoms with Crippen molar-refractivity contribution in [1.82, 2.24) is 0 Å². The highest BCUT2D eigenvalue weighted by molar-refractivity contribution is 7.21. The van der Waals surface area contributed by atoms with Crippen LogP contribution in [0.3, 0.4) is 0 Å². The molecule has 0 aliphatic heterocycles. The Hall–Kier alpha value is -2.97. The van der Waals surface area contributed by atoms with E-state index in [1.807, 2.05) is 30.3 Å². The average molecular weight is 431 g/mol. The molecule has 1 amide bonds. The minimum Gasteiger partial charge on any atom is -0.483 e. The zero-order chi connectivity index (χ0) is 21.9. The van der Waals surface area contributed by atoms with Gasteiger partial charge in [0.1, 0.15) is 29.1 Å². The normalized spacial score (nSPS) is 13.3. The van der Waals surface area contributed by atoms with E-state index in [0.717, 1.165) is 5.56 Å². The van der Waals surface area contributed by atoms with E-state index in [-0.39, 0.29) is 18.2 Å². The van der Waals surface area contributed by atoms with Crippen LogP contribution in [0.25, 0.3) is 10.1 Å². The molecule has 6 nitrogen and oxygen atoms in total. The fraction of sp³-hybridized carbons (Fsp3) is 0.273. The first-order chi connectivity index (χ1) is 14.2. The van der Waals surface area contributed by atoms with Crippen LogP contribution in [0, 0.1) is 5.82 Å². The number of ether oxygens (including phenoxy) is 2. The quantitative estimate of drug-likeness (QED) is 0.448. The van der Waals surface area contributed by atoms with Crippen molar-refractivity contribution in [3.8, 4) is 5.75 Å². The molecule has 0 aliphatic rings. The fourth-order valence-electron chi connectivity index (χ4n) is 2.77. The lowest BCUT2D eigenvalue weighted by molar-refractivity contribution is 0.0604. The first kappa shape index (κ1) is 21.7. The van der Waals surface area contributed by atoms with E-state index in [2.05, 4.69) is 4.99 Å². The van der Waals surface area contributed by atoms with Crippen LogP contribution in [0.4, 0.5) is 9.18 Å². The standard InChI is InChI=1S/C22H23FN2O4S/c1-22(2,3)29-21(27)25-20(24)19-11-15-16(9-14(23)10-18(15)30-19)28-17(12-26)13-7-5-4-6-8-13/h4-11,17,26H,12H2,1-3H3,(H2,24,25,27). The zero-order valence-corrected chi connectivity index (χ0v) is 17.7. The van der Waals surface area contributed by atoms with E-state index in [1.54, 1.807) is 26.8 Å². The number of thiophene rings is 1. The minimum atomic E-state index is -0.801. The van der Waals surface area contributed by atoms with Gasteiger partial charge in [-0.25, -0.2) is 9.18 Å². The number of hydrogen-bond acceptors (Lipinski definition) is 5. The largest absolute Gasteiger partial charge is 0.483 e. The van der Waals surface area contributed by atoms with E-state index in [9.17, 15) is 14.3 Å². The number of halogens is 1. The molecule has 1 unspecified atom stereocenters. The first-order valence-corrected chi connectivity index (χ1v) is 10.1. The van der Waals surface area contributed by atoms with Crippen LogP contribution >= 0.6 is 11.3 Å². The third kappa shape index (κ3) is 5.34. The first-order valence-electron chi connectivity index (χ1n) is 9.29. The van der Waals surface area contributed by atoms with Crippen molar-refractivity contribution < 1.29 is 23.8 Å². The molecule has 0 saturated carbocycles. The number of amides is 1. The van der Waals surface area contributed by atoms with Gasteiger partial charge in [-0.2, -0.15) is 4.99 Å². The van der Waals surface area contributed by atoms with Crippen LogP contribution in [-0.2, 0) is 4.74 Å². The highest BCUT2D eigenvalue weighted by atomic mass is 32.1. The summed E-state index contributed by atoms with van der Waals surface area (Å²) in [4.78, 5) is 16.2. The molecule has 0 radical (unpaired) electrons. The van der Waals surface area contributed by atoms with Crippen LogP contribution in [0.15, 0.2) is 53.5 Å². The number of amidine groups is 1. The Balaban J connectivity index is 1.94. The molecule has 1 atom stereocenters. The van der Waals surface area contributed by atoms with Crippen LogP contribution in [0.2, 0.25) is 0 Å². The number of fused-ring (bicyclic) bond motifs is 1. The van der Waals surface area contributed by atoms with Crippen LogP contribution < -0.4 is 10.5 Å². The molecule has 0 bridgehead atoms. The van der Waals surface area contributed by atoms with Crippen LogP contribution in [0.5, 0.6) is 5.75 Å². The highest BCUT2D eigenvalue weighted by Gasteiger charge is 2.19. The average Bonchev–Trinajstić information content (AvgIpc) is 3.09. The van der Waals surface area contributed by atoms with E-state index in [0.29, 0.717) is 15.0 Å². The maximum absolute atomic E-state index is 14.2. The Morgan fingerprint density at radius 2 is 1.93 bits per heavy atom. The van der Waals surface area contributed by atoms with E-state index in [1.165, 1.54) is 23.5 Å². The number of carbonyl (C=O) groups excluding carboxylic acids is 1. The molecule has 0 saturated heterocycles. The Kier molecular flexibility index (Phi) is 6.38. The van der Waals surface area contributed by atoms with Crippen molar-refractivity contribution in [2.75, 3.05) is 6.61 Å². The Morgan fingerprint density at radius 1 is 1.23 bits per heavy atom. The highest BCUT2D eigenvalue weighted by Crippen LogP contribution is 2.36. The Morgan fingerprint density at radius 3 is 2.57 bits per heavy atom. The second-order valence-corrected chi connectivity index (χ2v) is 8.69. The second-order valence-electron chi connectivity index (χ2n) is 7.60. The van der Waals surface area contributed by atoms with Gasteiger partial charge in [-0.05, 0) is 38.5 Å². The van der Waals surface area contributed by atoms with Crippen molar-refractivity contribution in [1.29, 1.82) is 0 Å². The molecule has 1 heterocycles. The summed E-state index contributed by atoms with van der Waals surface area (Å²) >= 11 is 1.18. The number of hydrogen-bond donors (Lipinski definition) is 2. The predicted molar refractivity (Wildman–Crippen MR) is 116 cm³/mol. The molecule has 2 aromatic carbocycles. The maximum Gasteiger partial charge on any atom is 0.436 e. The lowest BCUT2D eigenvalue weighted by Gasteiger charge is -2.18. The van der Waals surface area contributed by atoms with Gasteiger partial charge in [-0.1, -0.05) is 30.3 Å². The van der Waals surface area contributed by atoms with E-state index >= 15 is 0 Å². The Bertz CT molecular complexity index is 1070. The summed E-state index contributed by atoms with van der Waals surface area (Å²) in [5.74, 6) is -0.252. The monoisotopic (exact) mass is 430 g/mol. The van der Waals surface area contributed by atoms with E-state index in [4.69, 9.17) is 15.2 Å². The van der Waals surface area contributed by atoms with Crippen molar-refractivity contribution >= 4 is 33.4 Å². The summed E-state index contributed by atoms with van der Waals surface area (Å²) in [6, 6.07) is 13.5. The minimum absolute atomic E-state index is 0.0291. The number of rotatable bonds is 5. The lowest BCUT2D eigenvalue weighted by Crippen LogP contribution is -2.24. The number of nitrogens with zero attached hydrogens (tertiary/aromatic N) is 1. The molecule has 3 rings (SSSR count). The van der Waals surface area contributed by atoms with Crippen molar-refractivity contribution in [3.05, 3.63) is 64.8 Å². The number of carbonyl (C=O) groups is 1. The SMILES string of the molecule is CC(C)(C)OC(=O)/N=C(/N)c1cc2c(OC(CO)c3ccccc3)cc(F)cc2s1. The smallest absolute Gasteiger partial charge is 0.436 e. The van der Waals surface area contributed by atoms with E-state index < -0.39 is 23.6 Å². The van der Waals surface area contributed by atoms with Crippen LogP contribution in [-0.4, -0.2) is 29.2 Å². The van der Waals surface area contributed by atoms with Gasteiger partial charge in [0.05, 0.1) is 11.5 Å². The van der Waals surface area contributed by atoms with Crippen LogP contribution in [0.1, 0.15) is 37.3 Å². The van der Waals surface area contributed by atoms with Crippen molar-refractivity contribution in [2.45, 2.75) is 32.5 Å². The van der Waals surface area contributed by atoms with Gasteiger partial charge in [0, 0.05) is 16.2 Å². The summed E-state index contributed by atoms with van der Waals surface area (Å²) in [6.07, 6.45) is -1.46. The molecule has 3 aromatic rings. The van der Waals surface area contributed by atoms with Gasteiger partial charge in [-0.15, -0.1) is 11.3 Å². The zero-order valence-electron chi connectivity index (χ0n) is 16.9. The lowest BCUT2D eigenvalue weighted by atomic mass is 10.1. The van der Waals surface area contributed by atoms with Gasteiger partial charge < -0.3 is 20.3 Å². The molecule has 8 heteroatoms. The van der Waals surface area contributed by atoms with Crippen molar-refractivity contribution in [3.63, 3.8) is 0 Å². The molecule has 0 spiro atoms. The third-order valence-corrected chi connectivity index (χ3v) is 5.13. The molecular formula is C22H23FN2O4S. The summed E-state index contributed by atoms with van der Waals surface area (Å²) < 4.78 is 25.8. The molecule has 158 valence electrons. The van der Waals surface area contributed by atoms with Crippen molar-refractivity contribution in [2.24, 2.45) is 10.7 Å². The van der Waals surface area contributed by atoms with Gasteiger partial charge in [-0.3, -0.25) is 0 Å². The van der Waals surface area contributed by atoms with Gasteiger partial charge in [0.2, 0.25) is 0 Å². The second kappa shape index (κ2) is 8.81. The molecular weight excluding hydrogens is 407 g/mol. The topological polar surface area (TPSA) is 94.1 Å². The number of nitrogens with two attached hydrogens (primary N) is 1. The van der Waals surface area contributed by atoms with Gasteiger partial charge in [0.15, 0.2) is 0 Å². The summed E-state index contributed by atoms with van der Waals surface area (Å²) in [5, 5.41) is 10.4.